The summed E-state index contributed by atoms with van der Waals surface area (Å²) in [7, 11) is -3.29. The van der Waals surface area contributed by atoms with Gasteiger partial charge in [0.25, 0.3) is 0 Å². The second kappa shape index (κ2) is 16.2. The lowest BCUT2D eigenvalue weighted by molar-refractivity contribution is -0.324. The standard InChI is InChI=1S/C22H42N8O12.H2O4S/c1-6-22(38,4-32)17(42-18-10(30(2)5-23)14(36)11(33)7(3-31)40-18)19(39-6)41-16-9(29-21(26)27)12(34)8(28-20(24)25)13(35)15(16)37;1-5(2,3)4/h5-19,23,31-38H,3-4H2,1-2H3,(H4,24,25,28)(H4,26,27,29);(H2,1,2,3,4). The Morgan fingerprint density at radius 3 is 1.89 bits per heavy atom. The van der Waals surface area contributed by atoms with Gasteiger partial charge in [-0.2, -0.15) is 8.42 Å². The first-order valence-corrected chi connectivity index (χ1v) is 15.1. The van der Waals surface area contributed by atoms with Crippen molar-refractivity contribution in [2.24, 2.45) is 32.9 Å². The molecule has 2 aliphatic heterocycles. The highest BCUT2D eigenvalue weighted by molar-refractivity contribution is 7.79. The zero-order valence-electron chi connectivity index (χ0n) is 25.1. The van der Waals surface area contributed by atoms with E-state index in [9.17, 15) is 40.9 Å². The third-order valence-electron chi connectivity index (χ3n) is 7.80. The number of guanidine groups is 2. The molecule has 0 aromatic heterocycles. The van der Waals surface area contributed by atoms with Gasteiger partial charge in [0.15, 0.2) is 24.5 Å². The molecule has 274 valence electrons. The molecule has 15 unspecified atom stereocenters. The van der Waals surface area contributed by atoms with Crippen LogP contribution < -0.4 is 22.9 Å². The lowest BCUT2D eigenvalue weighted by atomic mass is 9.81. The highest BCUT2D eigenvalue weighted by Crippen LogP contribution is 2.39. The molecule has 1 saturated carbocycles. The number of aliphatic hydroxyl groups is 8. The van der Waals surface area contributed by atoms with Crippen molar-refractivity contribution in [3.05, 3.63) is 0 Å². The van der Waals surface area contributed by atoms with E-state index in [2.05, 4.69) is 9.98 Å². The number of ether oxygens (including phenoxy) is 4. The van der Waals surface area contributed by atoms with E-state index >= 15 is 0 Å². The van der Waals surface area contributed by atoms with E-state index in [0.29, 0.717) is 0 Å². The second-order valence-electron chi connectivity index (χ2n) is 11.0. The number of likely N-dealkylation sites (N-methyl/N-ethyl adjacent to an activating group) is 1. The molecule has 0 bridgehead atoms. The van der Waals surface area contributed by atoms with Crippen molar-refractivity contribution in [1.82, 2.24) is 4.90 Å². The lowest BCUT2D eigenvalue weighted by Gasteiger charge is -2.47. The predicted molar refractivity (Wildman–Crippen MR) is 156 cm³/mol. The van der Waals surface area contributed by atoms with E-state index in [1.165, 1.54) is 14.0 Å². The van der Waals surface area contributed by atoms with Crippen LogP contribution in [0.5, 0.6) is 0 Å². The highest BCUT2D eigenvalue weighted by Gasteiger charge is 2.60. The largest absolute Gasteiger partial charge is 0.394 e. The van der Waals surface area contributed by atoms with Crippen molar-refractivity contribution in [3.8, 4) is 0 Å². The average molecular weight is 709 g/mol. The summed E-state index contributed by atoms with van der Waals surface area (Å²) < 4.78 is 54.9. The third kappa shape index (κ3) is 9.52. The molecular formula is C22H44N8O16S. The van der Waals surface area contributed by atoms with E-state index in [1.807, 2.05) is 0 Å². The van der Waals surface area contributed by atoms with Crippen LogP contribution in [0.15, 0.2) is 9.98 Å². The van der Waals surface area contributed by atoms with Crippen LogP contribution in [-0.2, 0) is 29.3 Å². The van der Waals surface area contributed by atoms with Crippen molar-refractivity contribution in [2.45, 2.75) is 98.2 Å². The van der Waals surface area contributed by atoms with Gasteiger partial charge in [-0.3, -0.25) is 14.5 Å². The van der Waals surface area contributed by atoms with Crippen molar-refractivity contribution in [1.29, 1.82) is 5.41 Å². The summed E-state index contributed by atoms with van der Waals surface area (Å²) in [5.74, 6) is -1.04. The van der Waals surface area contributed by atoms with E-state index in [-0.39, 0.29) is 0 Å². The van der Waals surface area contributed by atoms with Crippen molar-refractivity contribution in [3.63, 3.8) is 0 Å². The fourth-order valence-corrected chi connectivity index (χ4v) is 5.36. The van der Waals surface area contributed by atoms with E-state index < -0.39 is 127 Å². The molecule has 2 saturated heterocycles. The van der Waals surface area contributed by atoms with E-state index in [1.54, 1.807) is 0 Å². The molecule has 15 atom stereocenters. The van der Waals surface area contributed by atoms with E-state index in [4.69, 9.17) is 64.8 Å². The third-order valence-corrected chi connectivity index (χ3v) is 7.80. The molecular weight excluding hydrogens is 664 g/mol. The van der Waals surface area contributed by atoms with Gasteiger partial charge in [0.1, 0.15) is 72.6 Å². The maximum atomic E-state index is 11.4. The summed E-state index contributed by atoms with van der Waals surface area (Å²) in [6, 6.07) is -4.24. The number of hydrogen-bond acceptors (Lipinski definition) is 17. The summed E-state index contributed by atoms with van der Waals surface area (Å²) in [6.45, 7) is -0.313. The highest BCUT2D eigenvalue weighted by atomic mass is 32.3. The molecule has 0 aromatic carbocycles. The minimum atomic E-state index is -4.67. The van der Waals surface area contributed by atoms with Crippen LogP contribution in [0.4, 0.5) is 0 Å². The summed E-state index contributed by atoms with van der Waals surface area (Å²) >= 11 is 0. The molecule has 3 rings (SSSR count). The maximum Gasteiger partial charge on any atom is 0.394 e. The van der Waals surface area contributed by atoms with Crippen molar-refractivity contribution >= 4 is 28.7 Å². The molecule has 25 heteroatoms. The van der Waals surface area contributed by atoms with Gasteiger partial charge in [-0.25, -0.2) is 9.98 Å². The number of rotatable bonds is 10. The Morgan fingerprint density at radius 1 is 0.894 bits per heavy atom. The Hall–Kier alpha value is -2.60. The lowest BCUT2D eigenvalue weighted by Crippen LogP contribution is -2.67. The number of nitrogens with two attached hydrogens (primary N) is 4. The Morgan fingerprint density at radius 2 is 1.43 bits per heavy atom. The first-order chi connectivity index (χ1) is 21.6. The summed E-state index contributed by atoms with van der Waals surface area (Å²) in [6.07, 6.45) is -16.9. The minimum Gasteiger partial charge on any atom is -0.394 e. The summed E-state index contributed by atoms with van der Waals surface area (Å²) in [4.78, 5) is 8.80. The van der Waals surface area contributed by atoms with Gasteiger partial charge < -0.3 is 87.6 Å². The number of nitrogens with zero attached hydrogens (tertiary/aromatic N) is 3. The zero-order chi connectivity index (χ0) is 36.2. The molecule has 19 N–H and O–H groups in total. The quantitative estimate of drug-likeness (QED) is 0.0569. The van der Waals surface area contributed by atoms with Crippen LogP contribution in [0.3, 0.4) is 0 Å². The molecule has 0 spiro atoms. The first-order valence-electron chi connectivity index (χ1n) is 13.7. The molecule has 1 aliphatic carbocycles. The Balaban J connectivity index is 0.00000142. The smallest absolute Gasteiger partial charge is 0.394 e. The number of aliphatic imine (C=N–C) groups is 2. The minimum absolute atomic E-state index is 0.507. The molecule has 0 radical (unpaired) electrons. The molecule has 3 fully saturated rings. The number of nitrogens with one attached hydrogen (secondary N) is 1. The maximum absolute atomic E-state index is 11.4. The molecule has 47 heavy (non-hydrogen) atoms. The fraction of sp³-hybridized carbons (Fsp3) is 0.864. The average Bonchev–Trinajstić information content (AvgIpc) is 3.20. The van der Waals surface area contributed by atoms with Gasteiger partial charge in [0.05, 0.1) is 25.7 Å². The van der Waals surface area contributed by atoms with Gasteiger partial charge in [-0.05, 0) is 6.92 Å². The Kier molecular flexibility index (Phi) is 14.0. The SMILES string of the molecule is CC1OC(OC2C(O)C(O)C(N=C(N)N)C(O)C2N=C(N)N)C(OC2OC(CO)C(O)C(O)C2N(C)C=N)C1(O)CO.O=S(=O)(O)O. The zero-order valence-corrected chi connectivity index (χ0v) is 25.9. The van der Waals surface area contributed by atoms with Gasteiger partial charge in [-0.1, -0.05) is 0 Å². The van der Waals surface area contributed by atoms with Gasteiger partial charge >= 0.3 is 10.4 Å². The van der Waals surface area contributed by atoms with Crippen LogP contribution in [0.25, 0.3) is 0 Å². The topological polar surface area (TPSA) is 429 Å². The molecule has 0 amide bonds. The van der Waals surface area contributed by atoms with Gasteiger partial charge in [0, 0.05) is 7.05 Å². The summed E-state index contributed by atoms with van der Waals surface area (Å²) in [5.41, 5.74) is 19.6. The number of hydrogen-bond donors (Lipinski definition) is 15. The van der Waals surface area contributed by atoms with Crippen LogP contribution in [-0.4, -0.2) is 193 Å². The van der Waals surface area contributed by atoms with Crippen LogP contribution in [0, 0.1) is 5.41 Å². The van der Waals surface area contributed by atoms with E-state index in [0.717, 1.165) is 11.2 Å². The predicted octanol–water partition coefficient (Wildman–Crippen LogP) is -8.70. The molecule has 2 heterocycles. The van der Waals surface area contributed by atoms with Crippen molar-refractivity contribution < 1.29 is 77.3 Å². The Bertz CT molecular complexity index is 1200. The summed E-state index contributed by atoms with van der Waals surface area (Å²) in [5, 5.41) is 92.6. The van der Waals surface area contributed by atoms with Crippen LogP contribution in [0.1, 0.15) is 6.92 Å². The Labute approximate surface area is 267 Å². The molecule has 24 nitrogen and oxygen atoms in total. The fourth-order valence-electron chi connectivity index (χ4n) is 5.36. The van der Waals surface area contributed by atoms with Crippen LogP contribution >= 0.6 is 0 Å². The molecule has 3 aliphatic rings. The molecule has 0 aromatic rings. The van der Waals surface area contributed by atoms with Crippen LogP contribution in [0.2, 0.25) is 0 Å². The number of aliphatic hydroxyl groups excluding tert-OH is 7. The monoisotopic (exact) mass is 708 g/mol. The van der Waals surface area contributed by atoms with Gasteiger partial charge in [-0.15, -0.1) is 0 Å². The van der Waals surface area contributed by atoms with Crippen molar-refractivity contribution in [2.75, 3.05) is 20.3 Å². The second-order valence-corrected chi connectivity index (χ2v) is 11.8. The normalized spacial score (nSPS) is 42.0. The van der Waals surface area contributed by atoms with Gasteiger partial charge in [0.2, 0.25) is 0 Å². The first kappa shape index (κ1) is 40.6.